The molecule has 1 aliphatic rings. The first-order valence-corrected chi connectivity index (χ1v) is 10.4. The van der Waals surface area contributed by atoms with Crippen LogP contribution in [0.25, 0.3) is 0 Å². The molecule has 1 aromatic rings. The Hall–Kier alpha value is -1.91. The Kier molecular flexibility index (Phi) is 7.61. The molecule has 3 N–H and O–H groups in total. The van der Waals surface area contributed by atoms with Gasteiger partial charge in [0.05, 0.1) is 24.7 Å². The average molecular weight is 386 g/mol. The van der Waals surface area contributed by atoms with Gasteiger partial charge in [-0.15, -0.1) is 0 Å². The number of carbonyl (C=O) groups excluding carboxylic acids is 1. The van der Waals surface area contributed by atoms with Gasteiger partial charge in [-0.3, -0.25) is 0 Å². The number of rotatable bonds is 8. The van der Waals surface area contributed by atoms with Gasteiger partial charge in [0.1, 0.15) is 6.61 Å². The van der Waals surface area contributed by atoms with Crippen molar-refractivity contribution >= 4 is 21.7 Å². The molecule has 146 valence electrons. The van der Waals surface area contributed by atoms with Crippen LogP contribution in [0.1, 0.15) is 25.7 Å². The van der Waals surface area contributed by atoms with Crippen molar-refractivity contribution < 1.29 is 22.7 Å². The summed E-state index contributed by atoms with van der Waals surface area (Å²) in [5, 5.41) is 5.54. The van der Waals surface area contributed by atoms with E-state index in [-0.39, 0.29) is 12.1 Å². The zero-order chi connectivity index (χ0) is 19.0. The van der Waals surface area contributed by atoms with Crippen molar-refractivity contribution in [3.05, 3.63) is 18.3 Å². The molecule has 0 aromatic carbocycles. The molecule has 2 amide bonds. The van der Waals surface area contributed by atoms with Gasteiger partial charge in [-0.2, -0.15) is 0 Å². The normalized spacial score (nSPS) is 20.4. The maximum absolute atomic E-state index is 12.2. The summed E-state index contributed by atoms with van der Waals surface area (Å²) in [6, 6.07) is 2.40. The topological polar surface area (TPSA) is 119 Å². The molecule has 0 radical (unpaired) electrons. The van der Waals surface area contributed by atoms with Crippen molar-refractivity contribution in [2.24, 2.45) is 0 Å². The highest BCUT2D eigenvalue weighted by atomic mass is 32.2. The number of nitrogens with one attached hydrogen (secondary N) is 3. The minimum absolute atomic E-state index is 0.247. The van der Waals surface area contributed by atoms with E-state index in [4.69, 9.17) is 9.47 Å². The van der Waals surface area contributed by atoms with E-state index in [1.54, 1.807) is 19.2 Å². The number of carbonyl (C=O) groups is 1. The number of pyridine rings is 1. The molecule has 1 aliphatic carbocycles. The van der Waals surface area contributed by atoms with Crippen LogP contribution in [0.5, 0.6) is 5.88 Å². The van der Waals surface area contributed by atoms with Crippen LogP contribution in [0.2, 0.25) is 0 Å². The highest BCUT2D eigenvalue weighted by Gasteiger charge is 2.28. The molecule has 2 rings (SSSR count). The van der Waals surface area contributed by atoms with Gasteiger partial charge in [-0.25, -0.2) is 22.9 Å². The molecule has 26 heavy (non-hydrogen) atoms. The van der Waals surface area contributed by atoms with E-state index in [1.165, 1.54) is 6.20 Å². The minimum Gasteiger partial charge on any atom is -0.475 e. The molecule has 10 heteroatoms. The number of ether oxygens (including phenoxy) is 2. The molecule has 0 saturated heterocycles. The molecule has 0 unspecified atom stereocenters. The zero-order valence-corrected chi connectivity index (χ0v) is 15.8. The first-order chi connectivity index (χ1) is 12.4. The second-order valence-corrected chi connectivity index (χ2v) is 7.99. The van der Waals surface area contributed by atoms with E-state index >= 15 is 0 Å². The number of nitrogens with zero attached hydrogens (tertiary/aromatic N) is 1. The molecule has 1 aromatic heterocycles. The number of hydrogen-bond donors (Lipinski definition) is 3. The van der Waals surface area contributed by atoms with Crippen LogP contribution in [-0.4, -0.2) is 58.1 Å². The van der Waals surface area contributed by atoms with Gasteiger partial charge in [0.15, 0.2) is 0 Å². The molecule has 9 nitrogen and oxygen atoms in total. The Labute approximate surface area is 153 Å². The monoisotopic (exact) mass is 386 g/mol. The first-order valence-electron chi connectivity index (χ1n) is 8.50. The Balaban J connectivity index is 1.86. The fourth-order valence-electron chi connectivity index (χ4n) is 2.82. The lowest BCUT2D eigenvalue weighted by Crippen LogP contribution is -2.53. The molecule has 0 spiro atoms. The lowest BCUT2D eigenvalue weighted by Gasteiger charge is -2.32. The fraction of sp³-hybridized carbons (Fsp3) is 0.625. The van der Waals surface area contributed by atoms with E-state index in [0.29, 0.717) is 31.2 Å². The third-order valence-electron chi connectivity index (χ3n) is 3.98. The van der Waals surface area contributed by atoms with Crippen molar-refractivity contribution in [3.8, 4) is 5.88 Å². The molecule has 2 atom stereocenters. The lowest BCUT2D eigenvalue weighted by molar-refractivity contribution is 0.144. The van der Waals surface area contributed by atoms with Crippen LogP contribution in [-0.2, 0) is 14.8 Å². The Morgan fingerprint density at radius 2 is 1.96 bits per heavy atom. The third kappa shape index (κ3) is 7.14. The van der Waals surface area contributed by atoms with E-state index in [9.17, 15) is 13.2 Å². The zero-order valence-electron chi connectivity index (χ0n) is 15.0. The van der Waals surface area contributed by atoms with Gasteiger partial charge in [-0.05, 0) is 18.9 Å². The highest BCUT2D eigenvalue weighted by Crippen LogP contribution is 2.19. The quantitative estimate of drug-likeness (QED) is 0.576. The predicted octanol–water partition coefficient (Wildman–Crippen LogP) is 1.09. The Morgan fingerprint density at radius 3 is 2.58 bits per heavy atom. The molecule has 1 fully saturated rings. The smallest absolute Gasteiger partial charge is 0.319 e. The summed E-state index contributed by atoms with van der Waals surface area (Å²) in [5.41, 5.74) is 0.519. The largest absolute Gasteiger partial charge is 0.475 e. The molecule has 1 heterocycles. The standard InChI is InChI=1S/C16H26N4O5S/c1-24-9-10-25-15-8-7-12(11-17-15)18-16(21)19-13-5-3-4-6-14(13)20-26(2,22)23/h7-8,11,13-14,20H,3-6,9-10H2,1-2H3,(H2,18,19,21)/t13-,14-/m0/s1. The van der Waals surface area contributed by atoms with E-state index in [2.05, 4.69) is 20.3 Å². The molecule has 1 saturated carbocycles. The van der Waals surface area contributed by atoms with E-state index in [1.807, 2.05) is 0 Å². The maximum atomic E-state index is 12.2. The van der Waals surface area contributed by atoms with E-state index < -0.39 is 16.1 Å². The summed E-state index contributed by atoms with van der Waals surface area (Å²) >= 11 is 0. The van der Waals surface area contributed by atoms with Crippen LogP contribution < -0.4 is 20.1 Å². The van der Waals surface area contributed by atoms with Gasteiger partial charge in [0.2, 0.25) is 15.9 Å². The summed E-state index contributed by atoms with van der Waals surface area (Å²) in [5.74, 6) is 0.442. The summed E-state index contributed by atoms with van der Waals surface area (Å²) in [7, 11) is -1.73. The Bertz CT molecular complexity index is 680. The first kappa shape index (κ1) is 20.4. The second-order valence-electron chi connectivity index (χ2n) is 6.21. The molecular weight excluding hydrogens is 360 g/mol. The van der Waals surface area contributed by atoms with Crippen molar-refractivity contribution in [2.45, 2.75) is 37.8 Å². The average Bonchev–Trinajstić information content (AvgIpc) is 2.57. The minimum atomic E-state index is -3.32. The maximum Gasteiger partial charge on any atom is 0.319 e. The van der Waals surface area contributed by atoms with Gasteiger partial charge in [0, 0.05) is 25.3 Å². The summed E-state index contributed by atoms with van der Waals surface area (Å²) < 4.78 is 35.8. The van der Waals surface area contributed by atoms with Crippen LogP contribution in [0.15, 0.2) is 18.3 Å². The van der Waals surface area contributed by atoms with Crippen LogP contribution in [0.4, 0.5) is 10.5 Å². The van der Waals surface area contributed by atoms with Gasteiger partial charge in [0.25, 0.3) is 0 Å². The number of urea groups is 1. The van der Waals surface area contributed by atoms with Crippen molar-refractivity contribution in [1.82, 2.24) is 15.0 Å². The van der Waals surface area contributed by atoms with Crippen molar-refractivity contribution in [2.75, 3.05) is 31.9 Å². The molecule has 0 aliphatic heterocycles. The number of amides is 2. The second kappa shape index (κ2) is 9.70. The lowest BCUT2D eigenvalue weighted by atomic mass is 9.91. The number of hydrogen-bond acceptors (Lipinski definition) is 6. The fourth-order valence-corrected chi connectivity index (χ4v) is 3.66. The molecular formula is C16H26N4O5S. The number of aromatic nitrogens is 1. The SMILES string of the molecule is COCCOc1ccc(NC(=O)N[C@H]2CCCC[C@@H]2NS(C)(=O)=O)cn1. The van der Waals surface area contributed by atoms with Crippen molar-refractivity contribution in [3.63, 3.8) is 0 Å². The third-order valence-corrected chi connectivity index (χ3v) is 4.71. The van der Waals surface area contributed by atoms with Crippen LogP contribution >= 0.6 is 0 Å². The Morgan fingerprint density at radius 1 is 1.23 bits per heavy atom. The van der Waals surface area contributed by atoms with E-state index in [0.717, 1.165) is 25.5 Å². The van der Waals surface area contributed by atoms with Crippen LogP contribution in [0.3, 0.4) is 0 Å². The summed E-state index contributed by atoms with van der Waals surface area (Å²) in [6.45, 7) is 0.862. The van der Waals surface area contributed by atoms with Gasteiger partial charge < -0.3 is 20.1 Å². The summed E-state index contributed by atoms with van der Waals surface area (Å²) in [6.07, 6.45) is 5.93. The summed E-state index contributed by atoms with van der Waals surface area (Å²) in [4.78, 5) is 16.3. The van der Waals surface area contributed by atoms with Crippen LogP contribution in [0, 0.1) is 0 Å². The number of methoxy groups -OCH3 is 1. The highest BCUT2D eigenvalue weighted by molar-refractivity contribution is 7.88. The predicted molar refractivity (Wildman–Crippen MR) is 97.8 cm³/mol. The van der Waals surface area contributed by atoms with Gasteiger partial charge in [-0.1, -0.05) is 12.8 Å². The number of anilines is 1. The van der Waals surface area contributed by atoms with Gasteiger partial charge >= 0.3 is 6.03 Å². The molecule has 0 bridgehead atoms. The van der Waals surface area contributed by atoms with Crippen molar-refractivity contribution in [1.29, 1.82) is 0 Å². The number of sulfonamides is 1.